The molecule has 0 aliphatic heterocycles. The number of hydrogen-bond acceptors (Lipinski definition) is 8. The van der Waals surface area contributed by atoms with Crippen molar-refractivity contribution >= 4 is 41.0 Å². The van der Waals surface area contributed by atoms with Crippen LogP contribution in [0.25, 0.3) is 0 Å². The molecule has 0 bridgehead atoms. The SMILES string of the molecule is O=C(O)CC1CCC(c2ccc(NC(=O)c3nnc(Nc4cncc(Cl)n4)o3)cc2)CC1. The molecule has 0 saturated heterocycles. The minimum atomic E-state index is -0.726. The maximum Gasteiger partial charge on any atom is 0.321 e. The lowest BCUT2D eigenvalue weighted by atomic mass is 9.77. The Morgan fingerprint density at radius 3 is 2.53 bits per heavy atom. The van der Waals surface area contributed by atoms with E-state index in [0.29, 0.717) is 17.4 Å². The molecule has 0 radical (unpaired) electrons. The summed E-state index contributed by atoms with van der Waals surface area (Å²) < 4.78 is 5.32. The normalized spacial score (nSPS) is 18.2. The van der Waals surface area contributed by atoms with E-state index >= 15 is 0 Å². The second kappa shape index (κ2) is 9.73. The van der Waals surface area contributed by atoms with E-state index in [-0.39, 0.29) is 29.4 Å². The zero-order valence-electron chi connectivity index (χ0n) is 17.0. The number of aromatic nitrogens is 4. The average Bonchev–Trinajstić information content (AvgIpc) is 3.23. The number of hydrogen-bond donors (Lipinski definition) is 3. The van der Waals surface area contributed by atoms with Gasteiger partial charge in [-0.2, -0.15) is 0 Å². The minimum absolute atomic E-state index is 0.0134. The summed E-state index contributed by atoms with van der Waals surface area (Å²) in [5.74, 6) is -0.490. The molecule has 0 unspecified atom stereocenters. The zero-order chi connectivity index (χ0) is 22.5. The number of aliphatic carboxylic acids is 1. The van der Waals surface area contributed by atoms with Gasteiger partial charge in [-0.3, -0.25) is 19.9 Å². The van der Waals surface area contributed by atoms with Crippen LogP contribution < -0.4 is 10.6 Å². The van der Waals surface area contributed by atoms with Gasteiger partial charge in [0.2, 0.25) is 0 Å². The van der Waals surface area contributed by atoms with E-state index in [0.717, 1.165) is 25.7 Å². The molecule has 0 atom stereocenters. The van der Waals surface area contributed by atoms with E-state index in [1.165, 1.54) is 18.0 Å². The van der Waals surface area contributed by atoms with Gasteiger partial charge in [-0.1, -0.05) is 28.8 Å². The van der Waals surface area contributed by atoms with Crippen molar-refractivity contribution in [3.8, 4) is 0 Å². The number of benzene rings is 1. The molecule has 3 aromatic rings. The van der Waals surface area contributed by atoms with E-state index in [1.54, 1.807) is 0 Å². The number of anilines is 3. The predicted molar refractivity (Wildman–Crippen MR) is 116 cm³/mol. The third kappa shape index (κ3) is 5.58. The summed E-state index contributed by atoms with van der Waals surface area (Å²) in [5, 5.41) is 22.1. The molecule has 1 amide bonds. The minimum Gasteiger partial charge on any atom is -0.481 e. The van der Waals surface area contributed by atoms with Crippen molar-refractivity contribution in [2.24, 2.45) is 5.92 Å². The Labute approximate surface area is 188 Å². The summed E-state index contributed by atoms with van der Waals surface area (Å²) in [6.45, 7) is 0. The van der Waals surface area contributed by atoms with Crippen LogP contribution in [-0.4, -0.2) is 37.1 Å². The van der Waals surface area contributed by atoms with Crippen LogP contribution in [0, 0.1) is 5.92 Å². The number of carbonyl (C=O) groups is 2. The van der Waals surface area contributed by atoms with Gasteiger partial charge in [0.15, 0.2) is 5.82 Å². The number of halogens is 1. The van der Waals surface area contributed by atoms with Crippen LogP contribution in [0.5, 0.6) is 0 Å². The molecule has 10 nitrogen and oxygen atoms in total. The molecule has 1 fully saturated rings. The fourth-order valence-electron chi connectivity index (χ4n) is 3.85. The van der Waals surface area contributed by atoms with E-state index in [2.05, 4.69) is 30.8 Å². The zero-order valence-corrected chi connectivity index (χ0v) is 17.7. The first-order chi connectivity index (χ1) is 15.5. The summed E-state index contributed by atoms with van der Waals surface area (Å²) in [5.41, 5.74) is 1.79. The number of rotatable bonds is 7. The van der Waals surface area contributed by atoms with Gasteiger partial charge in [-0.05, 0) is 55.2 Å². The number of amides is 1. The molecule has 1 aromatic carbocycles. The number of nitrogens with one attached hydrogen (secondary N) is 2. The van der Waals surface area contributed by atoms with Gasteiger partial charge in [0.25, 0.3) is 0 Å². The summed E-state index contributed by atoms with van der Waals surface area (Å²) in [6, 6.07) is 7.61. The number of carboxylic acids is 1. The van der Waals surface area contributed by atoms with Crippen LogP contribution in [0.3, 0.4) is 0 Å². The van der Waals surface area contributed by atoms with Crippen LogP contribution in [0.4, 0.5) is 17.5 Å². The van der Waals surface area contributed by atoms with Crippen molar-refractivity contribution in [3.63, 3.8) is 0 Å². The van der Waals surface area contributed by atoms with E-state index in [1.807, 2.05) is 24.3 Å². The van der Waals surface area contributed by atoms with Crippen LogP contribution in [0.15, 0.2) is 41.1 Å². The van der Waals surface area contributed by atoms with Crippen LogP contribution in [0.2, 0.25) is 5.15 Å². The molecular weight excluding hydrogens is 436 g/mol. The summed E-state index contributed by atoms with van der Waals surface area (Å²) in [6.07, 6.45) is 6.84. The van der Waals surface area contributed by atoms with Crippen LogP contribution >= 0.6 is 11.6 Å². The third-order valence-electron chi connectivity index (χ3n) is 5.41. The van der Waals surface area contributed by atoms with Crippen molar-refractivity contribution in [1.29, 1.82) is 0 Å². The highest BCUT2D eigenvalue weighted by Gasteiger charge is 2.24. The molecule has 1 saturated carbocycles. The molecule has 0 spiro atoms. The van der Waals surface area contributed by atoms with Crippen molar-refractivity contribution in [1.82, 2.24) is 20.2 Å². The summed E-state index contributed by atoms with van der Waals surface area (Å²) in [7, 11) is 0. The topological polar surface area (TPSA) is 143 Å². The van der Waals surface area contributed by atoms with E-state index < -0.39 is 11.9 Å². The highest BCUT2D eigenvalue weighted by molar-refractivity contribution is 6.29. The highest BCUT2D eigenvalue weighted by Crippen LogP contribution is 2.37. The Bertz CT molecular complexity index is 1100. The quantitative estimate of drug-likeness (QED) is 0.475. The van der Waals surface area contributed by atoms with Crippen LogP contribution in [-0.2, 0) is 4.79 Å². The summed E-state index contributed by atoms with van der Waals surface area (Å²) in [4.78, 5) is 31.2. The molecule has 3 N–H and O–H groups in total. The predicted octanol–water partition coefficient (Wildman–Crippen LogP) is 4.26. The van der Waals surface area contributed by atoms with Crippen molar-refractivity contribution in [3.05, 3.63) is 53.3 Å². The monoisotopic (exact) mass is 456 g/mol. The van der Waals surface area contributed by atoms with Gasteiger partial charge in [0.05, 0.1) is 12.4 Å². The van der Waals surface area contributed by atoms with Crippen LogP contribution in [0.1, 0.15) is 54.3 Å². The number of nitrogens with zero attached hydrogens (tertiary/aromatic N) is 4. The first-order valence-corrected chi connectivity index (χ1v) is 10.6. The van der Waals surface area contributed by atoms with Gasteiger partial charge >= 0.3 is 23.8 Å². The number of carboxylic acid groups (broad SMARTS) is 1. The molecule has 1 aliphatic rings. The van der Waals surface area contributed by atoms with Crippen molar-refractivity contribution < 1.29 is 19.1 Å². The molecular formula is C21H21ClN6O4. The first kappa shape index (κ1) is 21.7. The smallest absolute Gasteiger partial charge is 0.321 e. The standard InChI is InChI=1S/C21H21ClN6O4/c22-16-10-23-11-17(25-16)26-21-28-27-20(32-21)19(31)24-15-7-5-14(6-8-15)13-3-1-12(2-4-13)9-18(29)30/h5-8,10-13H,1-4,9H2,(H,24,31)(H,29,30)(H,25,26,28). The lowest BCUT2D eigenvalue weighted by Gasteiger charge is -2.28. The fraction of sp³-hybridized carbons (Fsp3) is 0.333. The maximum absolute atomic E-state index is 12.4. The lowest BCUT2D eigenvalue weighted by molar-refractivity contribution is -0.138. The Balaban J connectivity index is 1.31. The Morgan fingerprint density at radius 1 is 1.09 bits per heavy atom. The lowest BCUT2D eigenvalue weighted by Crippen LogP contribution is -2.16. The molecule has 2 aromatic heterocycles. The van der Waals surface area contributed by atoms with Gasteiger partial charge < -0.3 is 14.8 Å². The second-order valence-corrected chi connectivity index (χ2v) is 8.04. The Morgan fingerprint density at radius 2 is 1.84 bits per heavy atom. The summed E-state index contributed by atoms with van der Waals surface area (Å²) >= 11 is 5.78. The molecule has 32 heavy (non-hydrogen) atoms. The second-order valence-electron chi connectivity index (χ2n) is 7.66. The third-order valence-corrected chi connectivity index (χ3v) is 5.59. The van der Waals surface area contributed by atoms with Gasteiger partial charge in [-0.25, -0.2) is 4.98 Å². The van der Waals surface area contributed by atoms with Gasteiger partial charge in [0.1, 0.15) is 5.15 Å². The highest BCUT2D eigenvalue weighted by atomic mass is 35.5. The first-order valence-electron chi connectivity index (χ1n) is 10.2. The van der Waals surface area contributed by atoms with E-state index in [9.17, 15) is 9.59 Å². The molecule has 2 heterocycles. The average molecular weight is 457 g/mol. The van der Waals surface area contributed by atoms with Crippen molar-refractivity contribution in [2.75, 3.05) is 10.6 Å². The molecule has 166 valence electrons. The molecule has 1 aliphatic carbocycles. The van der Waals surface area contributed by atoms with Crippen molar-refractivity contribution in [2.45, 2.75) is 38.0 Å². The number of carbonyl (C=O) groups excluding carboxylic acids is 1. The maximum atomic E-state index is 12.4. The van der Waals surface area contributed by atoms with Gasteiger partial charge in [0, 0.05) is 12.1 Å². The Kier molecular flexibility index (Phi) is 6.60. The van der Waals surface area contributed by atoms with E-state index in [4.69, 9.17) is 21.1 Å². The largest absolute Gasteiger partial charge is 0.481 e. The fourth-order valence-corrected chi connectivity index (χ4v) is 3.99. The molecule has 11 heteroatoms. The van der Waals surface area contributed by atoms with Gasteiger partial charge in [-0.15, -0.1) is 5.10 Å². The Hall–Kier alpha value is -3.53. The molecule has 4 rings (SSSR count).